The molecule has 11 N–H and O–H groups in total. The summed E-state index contributed by atoms with van der Waals surface area (Å²) < 4.78 is 0. The van der Waals surface area contributed by atoms with Crippen LogP contribution in [-0.4, -0.2) is 86.8 Å². The molecule has 0 unspecified atom stereocenters. The van der Waals surface area contributed by atoms with Crippen LogP contribution in [0.2, 0.25) is 0 Å². The second-order valence-corrected chi connectivity index (χ2v) is 20.0. The summed E-state index contributed by atoms with van der Waals surface area (Å²) in [4.78, 5) is 92.1. The van der Waals surface area contributed by atoms with Gasteiger partial charge in [-0.1, -0.05) is 121 Å². The summed E-state index contributed by atoms with van der Waals surface area (Å²) >= 11 is 6.00. The van der Waals surface area contributed by atoms with Crippen molar-refractivity contribution in [3.63, 3.8) is 0 Å². The molecule has 68 heavy (non-hydrogen) atoms. The van der Waals surface area contributed by atoms with Gasteiger partial charge in [0.2, 0.25) is 29.7 Å². The maximum Gasteiger partial charge on any atom is 0.322 e. The molecule has 1 aliphatic rings. The molecule has 0 spiro atoms. The Hall–Kier alpha value is -6.05. The van der Waals surface area contributed by atoms with Gasteiger partial charge in [-0.3, -0.25) is 34.1 Å². The molecule has 20 heteroatoms. The number of nitrogens with one attached hydrogen (secondary N) is 2. The van der Waals surface area contributed by atoms with E-state index in [0.29, 0.717) is 23.0 Å². The number of nitrogens with two attached hydrogens (primary N) is 4. The van der Waals surface area contributed by atoms with Crippen LogP contribution in [0, 0.1) is 10.8 Å². The summed E-state index contributed by atoms with van der Waals surface area (Å²) in [7, 11) is 0. The first kappa shape index (κ1) is 58.1. The lowest BCUT2D eigenvalue weighted by atomic mass is 9.92. The first-order valence-corrected chi connectivity index (χ1v) is 25.4. The Morgan fingerprint density at radius 1 is 0.574 bits per heavy atom. The van der Waals surface area contributed by atoms with Gasteiger partial charge >= 0.3 is 12.0 Å². The number of aliphatic carboxylic acids is 1. The fourth-order valence-electron chi connectivity index (χ4n) is 5.23. The van der Waals surface area contributed by atoms with Crippen molar-refractivity contribution in [3.05, 3.63) is 144 Å². The molecule has 16 nitrogen and oxygen atoms in total. The Labute approximate surface area is 413 Å². The Kier molecular flexibility index (Phi) is 24.7. The Bertz CT molecular complexity index is 2120. The van der Waals surface area contributed by atoms with Crippen molar-refractivity contribution >= 4 is 94.7 Å². The van der Waals surface area contributed by atoms with Crippen molar-refractivity contribution in [1.29, 1.82) is 0 Å². The van der Waals surface area contributed by atoms with Gasteiger partial charge in [0.25, 0.3) is 5.91 Å². The van der Waals surface area contributed by atoms with E-state index in [1.54, 1.807) is 18.7 Å². The van der Waals surface area contributed by atoms with Gasteiger partial charge in [0.05, 0.1) is 0 Å². The average molecular weight is 1010 g/mol. The Morgan fingerprint density at radius 3 is 1.21 bits per heavy atom. The normalized spacial score (nSPS) is 15.5. The number of aliphatic imine (C=N–C) groups is 1. The third-order valence-electron chi connectivity index (χ3n) is 10.0. The van der Waals surface area contributed by atoms with Crippen molar-refractivity contribution in [2.45, 2.75) is 61.8 Å². The molecule has 4 aromatic rings. The highest BCUT2D eigenvalue weighted by molar-refractivity contribution is 7.99. The zero-order valence-electron chi connectivity index (χ0n) is 38.3. The number of carbonyl (C=O) groups is 7. The number of urea groups is 1. The number of isocyanates is 1. The lowest BCUT2D eigenvalue weighted by molar-refractivity contribution is -0.152. The number of amides is 7. The van der Waals surface area contributed by atoms with Gasteiger partial charge in [-0.25, -0.2) is 9.59 Å². The van der Waals surface area contributed by atoms with Crippen LogP contribution in [0.1, 0.15) is 49.9 Å². The zero-order valence-corrected chi connectivity index (χ0v) is 41.6. The number of benzene rings is 4. The zero-order chi connectivity index (χ0) is 50.8. The van der Waals surface area contributed by atoms with Gasteiger partial charge in [0.1, 0.15) is 11.0 Å². The molecule has 3 atom stereocenters. The van der Waals surface area contributed by atoms with Gasteiger partial charge in [-0.2, -0.15) is 52.0 Å². The molecular weight excluding hydrogens is 947 g/mol. The van der Waals surface area contributed by atoms with Crippen molar-refractivity contribution in [3.8, 4) is 0 Å². The number of hydrogen-bond acceptors (Lipinski definition) is 13. The minimum absolute atomic E-state index is 0.173. The molecule has 364 valence electrons. The second-order valence-electron chi connectivity index (χ2n) is 16.1. The third-order valence-corrected chi connectivity index (χ3v) is 15.3. The monoisotopic (exact) mass is 1010 g/mol. The quantitative estimate of drug-likeness (QED) is 0.0225. The molecule has 4 aromatic carbocycles. The molecule has 1 fully saturated rings. The molecule has 7 amide bonds. The average Bonchev–Trinajstić information content (AvgIpc) is 3.57. The van der Waals surface area contributed by atoms with Crippen molar-refractivity contribution in [2.75, 3.05) is 23.0 Å². The lowest BCUT2D eigenvalue weighted by Gasteiger charge is -2.21. The standard InChI is InChI=1S/2C12H14N2O2S.C12H16N2O2S.C12H15NO3S/c1-12(10(15)13-11(16)14-12)8-17-7-9-5-3-2-4-6-9;1-12(11(13)16,14-9-15)8-17-7-10-5-3-2-4-6-10;1-12(10(13)15,11(14)16)8-17-7-9-5-3-2-4-6-9;1-12(10(13)14,11(15)16)8-17-7-9-5-3-2-4-6-9/h2-6H,7-8H2,1H3,(H2,13,14,15,16);2-6H,7-8H2,1H3,(H2,13,16);2-6H,7-8H2,1H3,(H2,13,15)(H2,14,16);2-6H,7-8H2,1H3,(H2,13,14)(H,15,16)/t2*12-;;12-/m11.1/s1. The molecule has 5 rings (SSSR count). The van der Waals surface area contributed by atoms with Crippen molar-refractivity contribution in [2.24, 2.45) is 38.8 Å². The molecule has 1 heterocycles. The third kappa shape index (κ3) is 19.7. The van der Waals surface area contributed by atoms with E-state index < -0.39 is 57.5 Å². The predicted molar refractivity (Wildman–Crippen MR) is 273 cm³/mol. The van der Waals surface area contributed by atoms with Crippen LogP contribution < -0.4 is 33.6 Å². The molecular formula is C48H59N7O9S4. The van der Waals surface area contributed by atoms with E-state index >= 15 is 0 Å². The minimum Gasteiger partial charge on any atom is -0.480 e. The van der Waals surface area contributed by atoms with Crippen LogP contribution >= 0.6 is 47.0 Å². The van der Waals surface area contributed by atoms with E-state index in [-0.39, 0.29) is 11.7 Å². The molecule has 0 bridgehead atoms. The van der Waals surface area contributed by atoms with Gasteiger partial charge < -0.3 is 33.4 Å². The van der Waals surface area contributed by atoms with E-state index in [1.165, 1.54) is 67.7 Å². The number of carboxylic acids is 1. The molecule has 0 aromatic heterocycles. The first-order valence-electron chi connectivity index (χ1n) is 20.7. The molecule has 1 aliphatic heterocycles. The number of thioether (sulfide) groups is 4. The SMILES string of the molecule is CC(CSCc1ccccc1)(C(N)=O)C(N)=O.C[C@@](CSCc1ccccc1)(C(N)=O)C(=O)O.C[C@](CSCc1ccccc1)(N=C=O)C(N)=O.C[C@]1(CSCc2ccccc2)NC(=O)NC1=O. The topological polar surface area (TPSA) is 297 Å². The highest BCUT2D eigenvalue weighted by Gasteiger charge is 2.42. The van der Waals surface area contributed by atoms with Gasteiger partial charge in [0.15, 0.2) is 11.0 Å². The molecule has 0 saturated carbocycles. The van der Waals surface area contributed by atoms with Crippen LogP contribution in [0.15, 0.2) is 126 Å². The highest BCUT2D eigenvalue weighted by atomic mass is 32.2. The number of nitrogens with zero attached hydrogens (tertiary/aromatic N) is 1. The van der Waals surface area contributed by atoms with E-state index in [4.69, 9.17) is 28.0 Å². The second kappa shape index (κ2) is 29.0. The van der Waals surface area contributed by atoms with Gasteiger partial charge in [0, 0.05) is 46.0 Å². The fourth-order valence-corrected chi connectivity index (χ4v) is 9.93. The van der Waals surface area contributed by atoms with Crippen LogP contribution in [0.4, 0.5) is 4.79 Å². The predicted octanol–water partition coefficient (Wildman–Crippen LogP) is 5.41. The van der Waals surface area contributed by atoms with Crippen molar-refractivity contribution < 1.29 is 43.5 Å². The van der Waals surface area contributed by atoms with E-state index in [9.17, 15) is 38.4 Å². The summed E-state index contributed by atoms with van der Waals surface area (Å²) in [6.45, 7) is 6.12. The Balaban J connectivity index is 0.000000311. The number of imide groups is 1. The molecule has 1 saturated heterocycles. The van der Waals surface area contributed by atoms with E-state index in [0.717, 1.165) is 33.9 Å². The number of carbonyl (C=O) groups excluding carboxylic acids is 7. The molecule has 0 radical (unpaired) electrons. The van der Waals surface area contributed by atoms with Crippen LogP contribution in [-0.2, 0) is 56.6 Å². The minimum atomic E-state index is -1.50. The van der Waals surface area contributed by atoms with Gasteiger partial charge in [-0.05, 0) is 49.9 Å². The first-order chi connectivity index (χ1) is 32.1. The summed E-state index contributed by atoms with van der Waals surface area (Å²) in [6, 6.07) is 38.9. The van der Waals surface area contributed by atoms with E-state index in [2.05, 4.69) is 15.6 Å². The Morgan fingerprint density at radius 2 is 0.912 bits per heavy atom. The van der Waals surface area contributed by atoms with Gasteiger partial charge in [-0.15, -0.1) is 0 Å². The van der Waals surface area contributed by atoms with Crippen LogP contribution in [0.3, 0.4) is 0 Å². The van der Waals surface area contributed by atoms with E-state index in [1.807, 2.05) is 121 Å². The van der Waals surface area contributed by atoms with Crippen molar-refractivity contribution in [1.82, 2.24) is 10.6 Å². The summed E-state index contributed by atoms with van der Waals surface area (Å²) in [6.07, 6.45) is 1.40. The fraction of sp³-hybridized carbons (Fsp3) is 0.333. The number of rotatable bonds is 22. The maximum atomic E-state index is 11.5. The number of primary amides is 4. The lowest BCUT2D eigenvalue weighted by Crippen LogP contribution is -2.47. The summed E-state index contributed by atoms with van der Waals surface area (Å²) in [5.41, 5.74) is 20.6. The van der Waals surface area contributed by atoms with Crippen LogP contribution in [0.5, 0.6) is 0 Å². The summed E-state index contributed by atoms with van der Waals surface area (Å²) in [5, 5.41) is 13.9. The van der Waals surface area contributed by atoms with Crippen LogP contribution in [0.25, 0.3) is 0 Å². The highest BCUT2D eigenvalue weighted by Crippen LogP contribution is 2.27. The number of carboxylic acid groups (broad SMARTS) is 1. The molecule has 0 aliphatic carbocycles. The smallest absolute Gasteiger partial charge is 0.322 e. The number of hydrogen-bond donors (Lipinski definition) is 7. The maximum absolute atomic E-state index is 11.5. The summed E-state index contributed by atoms with van der Waals surface area (Å²) in [5.74, 6) is 0.188. The largest absolute Gasteiger partial charge is 0.480 e.